The maximum absolute atomic E-state index is 12.9. The van der Waals surface area contributed by atoms with E-state index in [0.717, 1.165) is 24.0 Å². The summed E-state index contributed by atoms with van der Waals surface area (Å²) in [5, 5.41) is 0. The Morgan fingerprint density at radius 2 is 2.21 bits per heavy atom. The predicted molar refractivity (Wildman–Crippen MR) is 103 cm³/mol. The van der Waals surface area contributed by atoms with Crippen molar-refractivity contribution in [2.75, 3.05) is 12.3 Å². The lowest BCUT2D eigenvalue weighted by Gasteiger charge is -2.26. The molecule has 0 saturated carbocycles. The maximum atomic E-state index is 12.9. The summed E-state index contributed by atoms with van der Waals surface area (Å²) in [6, 6.07) is 5.68. The molecule has 0 aliphatic carbocycles. The van der Waals surface area contributed by atoms with E-state index < -0.39 is 7.82 Å². The van der Waals surface area contributed by atoms with Crippen molar-refractivity contribution in [3.8, 4) is 5.75 Å². The molecule has 1 aromatic carbocycles. The average molecular weight is 417 g/mol. The number of aryl methyl sites for hydroxylation is 1. The number of ether oxygens (including phenoxy) is 1. The molecular formula is C18H20N5O5P. The number of anilines is 1. The second-order valence-electron chi connectivity index (χ2n) is 7.04. The van der Waals surface area contributed by atoms with Crippen LogP contribution in [0.4, 0.5) is 5.82 Å². The van der Waals surface area contributed by atoms with Crippen molar-refractivity contribution in [3.05, 3.63) is 42.0 Å². The Morgan fingerprint density at radius 1 is 1.31 bits per heavy atom. The van der Waals surface area contributed by atoms with Gasteiger partial charge in [0.05, 0.1) is 25.6 Å². The van der Waals surface area contributed by atoms with Crippen molar-refractivity contribution in [3.63, 3.8) is 0 Å². The molecule has 152 valence electrons. The summed E-state index contributed by atoms with van der Waals surface area (Å²) in [4.78, 5) is 12.5. The molecular weight excluding hydrogens is 397 g/mol. The summed E-state index contributed by atoms with van der Waals surface area (Å²) in [5.74, 6) is 0.890. The fraction of sp³-hybridized carbons (Fsp3) is 0.389. The quantitative estimate of drug-likeness (QED) is 0.638. The molecule has 0 bridgehead atoms. The van der Waals surface area contributed by atoms with E-state index in [-0.39, 0.29) is 25.5 Å². The Morgan fingerprint density at radius 3 is 3.10 bits per heavy atom. The largest absolute Gasteiger partial charge is 0.530 e. The zero-order chi connectivity index (χ0) is 20.0. The number of nitrogens with zero attached hydrogens (tertiary/aromatic N) is 4. The summed E-state index contributed by atoms with van der Waals surface area (Å²) in [6.45, 7) is 2.17. The van der Waals surface area contributed by atoms with Gasteiger partial charge in [-0.05, 0) is 25.3 Å². The van der Waals surface area contributed by atoms with Crippen LogP contribution in [0.25, 0.3) is 11.2 Å². The van der Waals surface area contributed by atoms with Crippen molar-refractivity contribution in [2.24, 2.45) is 0 Å². The highest BCUT2D eigenvalue weighted by Crippen LogP contribution is 2.55. The summed E-state index contributed by atoms with van der Waals surface area (Å²) >= 11 is 0. The van der Waals surface area contributed by atoms with Crippen LogP contribution in [0.2, 0.25) is 0 Å². The van der Waals surface area contributed by atoms with E-state index in [1.54, 1.807) is 6.33 Å². The second kappa shape index (κ2) is 7.07. The first-order chi connectivity index (χ1) is 14.0. The van der Waals surface area contributed by atoms with Crippen LogP contribution in [0.5, 0.6) is 5.75 Å². The number of aromatic nitrogens is 4. The number of nitrogen functional groups attached to an aromatic ring is 1. The minimum Gasteiger partial charge on any atom is -0.403 e. The molecule has 1 fully saturated rings. The van der Waals surface area contributed by atoms with E-state index in [1.807, 2.05) is 29.7 Å². The van der Waals surface area contributed by atoms with Crippen LogP contribution in [0.15, 0.2) is 30.9 Å². The van der Waals surface area contributed by atoms with Gasteiger partial charge in [-0.3, -0.25) is 13.6 Å². The molecule has 4 heterocycles. The van der Waals surface area contributed by atoms with Crippen LogP contribution in [0, 0.1) is 6.92 Å². The maximum Gasteiger partial charge on any atom is 0.530 e. The van der Waals surface area contributed by atoms with Gasteiger partial charge in [0.25, 0.3) is 0 Å². The normalized spacial score (nSPS) is 26.4. The first-order valence-corrected chi connectivity index (χ1v) is 10.7. The molecule has 2 aromatic heterocycles. The lowest BCUT2D eigenvalue weighted by molar-refractivity contribution is -0.0227. The molecule has 3 atom stereocenters. The number of para-hydroxylation sites is 1. The Balaban J connectivity index is 1.24. The number of hydrogen-bond acceptors (Lipinski definition) is 9. The van der Waals surface area contributed by atoms with Crippen LogP contribution in [-0.4, -0.2) is 32.2 Å². The molecule has 2 aliphatic heterocycles. The molecule has 0 radical (unpaired) electrons. The topological polar surface area (TPSA) is 124 Å². The van der Waals surface area contributed by atoms with Crippen molar-refractivity contribution < 1.29 is 22.9 Å². The molecule has 1 saturated heterocycles. The number of phosphoric acid groups is 1. The number of nitrogens with two attached hydrogens (primary N) is 1. The number of hydrogen-bond donors (Lipinski definition) is 1. The van der Waals surface area contributed by atoms with Crippen LogP contribution in [0.3, 0.4) is 0 Å². The van der Waals surface area contributed by atoms with Crippen LogP contribution in [-0.2, 0) is 25.0 Å². The molecule has 1 unspecified atom stereocenters. The van der Waals surface area contributed by atoms with Gasteiger partial charge in [-0.2, -0.15) is 0 Å². The Hall–Kier alpha value is -2.52. The van der Waals surface area contributed by atoms with E-state index in [9.17, 15) is 4.57 Å². The van der Waals surface area contributed by atoms with Gasteiger partial charge in [0, 0.05) is 5.56 Å². The third-order valence-corrected chi connectivity index (χ3v) is 6.39. The summed E-state index contributed by atoms with van der Waals surface area (Å²) < 4.78 is 37.3. The van der Waals surface area contributed by atoms with Crippen molar-refractivity contribution in [2.45, 2.75) is 38.7 Å². The van der Waals surface area contributed by atoms with E-state index in [2.05, 4.69) is 15.0 Å². The van der Waals surface area contributed by atoms with Crippen LogP contribution >= 0.6 is 7.82 Å². The minimum absolute atomic E-state index is 0.0960. The van der Waals surface area contributed by atoms with Gasteiger partial charge >= 0.3 is 7.82 Å². The first-order valence-electron chi connectivity index (χ1n) is 9.28. The predicted octanol–water partition coefficient (Wildman–Crippen LogP) is 3.13. The second-order valence-corrected chi connectivity index (χ2v) is 8.64. The van der Waals surface area contributed by atoms with Gasteiger partial charge < -0.3 is 15.0 Å². The van der Waals surface area contributed by atoms with Gasteiger partial charge in [0.1, 0.15) is 23.8 Å². The molecule has 10 nitrogen and oxygen atoms in total. The third kappa shape index (κ3) is 3.38. The van der Waals surface area contributed by atoms with E-state index >= 15 is 0 Å². The van der Waals surface area contributed by atoms with E-state index in [1.165, 1.54) is 6.33 Å². The summed E-state index contributed by atoms with van der Waals surface area (Å²) in [6.07, 6.45) is 3.97. The van der Waals surface area contributed by atoms with Crippen molar-refractivity contribution >= 4 is 24.8 Å². The van der Waals surface area contributed by atoms with Gasteiger partial charge in [0.2, 0.25) is 0 Å². The van der Waals surface area contributed by atoms with Crippen molar-refractivity contribution in [1.82, 2.24) is 19.5 Å². The highest BCUT2D eigenvalue weighted by molar-refractivity contribution is 7.49. The monoisotopic (exact) mass is 417 g/mol. The van der Waals surface area contributed by atoms with E-state index in [4.69, 9.17) is 24.0 Å². The highest BCUT2D eigenvalue weighted by Gasteiger charge is 2.37. The lowest BCUT2D eigenvalue weighted by atomic mass is 10.1. The molecule has 0 spiro atoms. The van der Waals surface area contributed by atoms with Gasteiger partial charge in [-0.15, -0.1) is 0 Å². The zero-order valence-electron chi connectivity index (χ0n) is 15.7. The Kier molecular flexibility index (Phi) is 4.51. The minimum atomic E-state index is -3.69. The molecule has 2 N–H and O–H groups in total. The highest BCUT2D eigenvalue weighted by atomic mass is 31.2. The molecule has 11 heteroatoms. The average Bonchev–Trinajstić information content (AvgIpc) is 3.35. The third-order valence-electron chi connectivity index (χ3n) is 5.08. The van der Waals surface area contributed by atoms with Crippen LogP contribution in [0.1, 0.15) is 30.2 Å². The molecule has 3 aromatic rings. The number of rotatable bonds is 4. The summed E-state index contributed by atoms with van der Waals surface area (Å²) in [7, 11) is -3.69. The number of benzene rings is 1. The number of fused-ring (bicyclic) bond motifs is 2. The van der Waals surface area contributed by atoms with E-state index in [0.29, 0.717) is 22.7 Å². The Labute approximate surface area is 166 Å². The number of imidazole rings is 1. The molecule has 0 amide bonds. The molecule has 2 aliphatic rings. The fourth-order valence-electron chi connectivity index (χ4n) is 3.58. The lowest BCUT2D eigenvalue weighted by Crippen LogP contribution is -2.19. The fourth-order valence-corrected chi connectivity index (χ4v) is 4.89. The molecule has 29 heavy (non-hydrogen) atoms. The van der Waals surface area contributed by atoms with Gasteiger partial charge in [0.15, 0.2) is 11.5 Å². The standard InChI is InChI=1S/C18H20N5O5P/c1-11-3-2-4-12-7-25-29(24,28-16(11)12)26-8-13-5-6-14(27-13)23-10-22-15-17(19)20-9-21-18(15)23/h2-4,9-10,13-14H,5-8H2,1H3,(H2,19,20,21)/t13-,14+,29?/m0/s1. The SMILES string of the molecule is Cc1cccc2c1OP(=O)(OC[C@@H]1CC[C@H](n3cnc4c(N)ncnc43)O1)OC2. The van der Waals surface area contributed by atoms with Crippen molar-refractivity contribution in [1.29, 1.82) is 0 Å². The summed E-state index contributed by atoms with van der Waals surface area (Å²) in [5.41, 5.74) is 8.73. The van der Waals surface area contributed by atoms with Gasteiger partial charge in [-0.1, -0.05) is 18.2 Å². The van der Waals surface area contributed by atoms with Crippen LogP contribution < -0.4 is 10.3 Å². The smallest absolute Gasteiger partial charge is 0.403 e. The molecule has 5 rings (SSSR count). The number of phosphoric ester groups is 1. The zero-order valence-corrected chi connectivity index (χ0v) is 16.6. The Bertz CT molecular complexity index is 1120. The van der Waals surface area contributed by atoms with Gasteiger partial charge in [-0.25, -0.2) is 19.5 Å². The first kappa shape index (κ1) is 18.5.